The Kier molecular flexibility index (Phi) is 29.8. The number of carboxylic acid groups (broad SMARTS) is 1. The Labute approximate surface area is 134 Å². The van der Waals surface area contributed by atoms with Crippen LogP contribution in [-0.2, 0) is 4.79 Å². The number of nitrogens with two attached hydrogens (primary N) is 2. The van der Waals surface area contributed by atoms with Crippen LogP contribution in [0.1, 0.15) is 44.9 Å². The summed E-state index contributed by atoms with van der Waals surface area (Å²) in [6.07, 6.45) is 6.02. The van der Waals surface area contributed by atoms with Gasteiger partial charge in [-0.1, -0.05) is 12.8 Å². The van der Waals surface area contributed by atoms with Crippen molar-refractivity contribution in [3.63, 3.8) is 0 Å². The molecule has 0 aliphatic carbocycles. The molecule has 6 N–H and O–H groups in total. The summed E-state index contributed by atoms with van der Waals surface area (Å²) in [4.78, 5) is 10.3. The highest BCUT2D eigenvalue weighted by Crippen LogP contribution is 1.99. The zero-order valence-electron chi connectivity index (χ0n) is 11.2. The van der Waals surface area contributed by atoms with E-state index in [4.69, 9.17) is 16.6 Å². The molecule has 19 heavy (non-hydrogen) atoms. The van der Waals surface area contributed by atoms with Gasteiger partial charge in [0, 0.05) is 6.42 Å². The molecule has 0 spiro atoms. The van der Waals surface area contributed by atoms with Crippen LogP contribution in [0, 0.1) is 0 Å². The fourth-order valence-corrected chi connectivity index (χ4v) is 1.49. The highest BCUT2D eigenvalue weighted by molar-refractivity contribution is 5.86. The van der Waals surface area contributed by atoms with E-state index in [0.29, 0.717) is 6.42 Å². The summed E-state index contributed by atoms with van der Waals surface area (Å²) in [5.74, 6) is -0.756. The van der Waals surface area contributed by atoms with Gasteiger partial charge in [-0.2, -0.15) is 0 Å². The van der Waals surface area contributed by atoms with Crippen LogP contribution < -0.4 is 16.8 Å². The zero-order valence-corrected chi connectivity index (χ0v) is 13.6. The average molecular weight is 341 g/mol. The molecule has 0 radical (unpaired) electrons. The molecule has 0 unspecified atom stereocenters. The monoisotopic (exact) mass is 339 g/mol. The molecule has 1 atom stereocenters. The van der Waals surface area contributed by atoms with Crippen molar-refractivity contribution in [1.29, 1.82) is 0 Å². The van der Waals surface area contributed by atoms with Gasteiger partial charge < -0.3 is 21.9 Å². The third-order valence-corrected chi connectivity index (χ3v) is 2.44. The molecule has 0 aliphatic rings. The van der Waals surface area contributed by atoms with E-state index in [1.807, 2.05) is 0 Å². The third kappa shape index (κ3) is 23.7. The minimum atomic E-state index is -0.756. The summed E-state index contributed by atoms with van der Waals surface area (Å²) < 4.78 is 0. The number of aliphatic carboxylic acids is 1. The number of rotatable bonds is 11. The molecular formula is C11H28Cl3N3O2. The lowest BCUT2D eigenvalue weighted by molar-refractivity contribution is -0.137. The van der Waals surface area contributed by atoms with Crippen molar-refractivity contribution >= 4 is 43.2 Å². The number of unbranched alkanes of at least 4 members (excludes halogenated alkanes) is 3. The molecule has 0 saturated heterocycles. The predicted molar refractivity (Wildman–Crippen MR) is 86.7 cm³/mol. The van der Waals surface area contributed by atoms with E-state index in [1.165, 1.54) is 12.8 Å². The lowest BCUT2D eigenvalue weighted by Gasteiger charge is -2.12. The van der Waals surface area contributed by atoms with Crippen LogP contribution in [0.4, 0.5) is 0 Å². The Hall–Kier alpha value is 0.220. The number of carboxylic acids is 1. The summed E-state index contributed by atoms with van der Waals surface area (Å²) in [7, 11) is 0. The summed E-state index contributed by atoms with van der Waals surface area (Å²) in [5.41, 5.74) is 11.2. The second-order valence-electron chi connectivity index (χ2n) is 4.05. The first-order valence-electron chi connectivity index (χ1n) is 6.07. The molecule has 0 heterocycles. The van der Waals surface area contributed by atoms with Crippen molar-refractivity contribution in [3.8, 4) is 0 Å². The Morgan fingerprint density at radius 1 is 1.05 bits per heavy atom. The first-order chi connectivity index (χ1) is 7.66. The fourth-order valence-electron chi connectivity index (χ4n) is 1.49. The number of hydrogen-bond donors (Lipinski definition) is 4. The summed E-state index contributed by atoms with van der Waals surface area (Å²) >= 11 is 0. The Morgan fingerprint density at radius 3 is 2.16 bits per heavy atom. The van der Waals surface area contributed by atoms with E-state index < -0.39 is 5.97 Å². The quantitative estimate of drug-likeness (QED) is 0.340. The van der Waals surface area contributed by atoms with Gasteiger partial charge in [0.2, 0.25) is 0 Å². The molecular weight excluding hydrogens is 312 g/mol. The van der Waals surface area contributed by atoms with E-state index in [9.17, 15) is 4.79 Å². The minimum absolute atomic E-state index is 0. The lowest BCUT2D eigenvalue weighted by atomic mass is 10.2. The van der Waals surface area contributed by atoms with Crippen molar-refractivity contribution in [2.75, 3.05) is 13.1 Å². The molecule has 0 aromatic carbocycles. The zero-order chi connectivity index (χ0) is 12.2. The normalized spacial score (nSPS) is 10.6. The van der Waals surface area contributed by atoms with Gasteiger partial charge in [0.05, 0.1) is 6.17 Å². The summed E-state index contributed by atoms with van der Waals surface area (Å²) in [6.45, 7) is 1.67. The highest BCUT2D eigenvalue weighted by atomic mass is 35.5. The number of carbonyl (C=O) groups is 1. The summed E-state index contributed by atoms with van der Waals surface area (Å²) in [6, 6.07) is 0. The van der Waals surface area contributed by atoms with E-state index >= 15 is 0 Å². The van der Waals surface area contributed by atoms with Crippen LogP contribution >= 0.6 is 37.2 Å². The largest absolute Gasteiger partial charge is 0.481 e. The van der Waals surface area contributed by atoms with Crippen molar-refractivity contribution in [2.45, 2.75) is 51.1 Å². The molecule has 0 rings (SSSR count). The SMILES string of the molecule is Cl.Cl.Cl.NCCCCCCN[C@H](N)CCCC(=O)O. The van der Waals surface area contributed by atoms with Crippen molar-refractivity contribution < 1.29 is 9.90 Å². The second kappa shape index (κ2) is 20.5. The second-order valence-corrected chi connectivity index (χ2v) is 4.05. The van der Waals surface area contributed by atoms with Gasteiger partial charge in [-0.15, -0.1) is 37.2 Å². The average Bonchev–Trinajstić information content (AvgIpc) is 2.22. The van der Waals surface area contributed by atoms with Gasteiger partial charge in [0.15, 0.2) is 0 Å². The maximum atomic E-state index is 10.3. The molecule has 0 aromatic rings. The number of nitrogens with one attached hydrogen (secondary N) is 1. The minimum Gasteiger partial charge on any atom is -0.481 e. The van der Waals surface area contributed by atoms with Gasteiger partial charge >= 0.3 is 5.97 Å². The third-order valence-electron chi connectivity index (χ3n) is 2.44. The first kappa shape index (κ1) is 27.5. The van der Waals surface area contributed by atoms with Gasteiger partial charge in [-0.05, 0) is 38.8 Å². The molecule has 0 saturated carbocycles. The standard InChI is InChI=1S/C11H25N3O2.3ClH/c12-8-3-1-2-4-9-14-10(13)6-5-7-11(15)16;;;/h10,14H,1-9,12-13H2,(H,15,16);3*1H/t10-;;;/m0.../s1. The van der Waals surface area contributed by atoms with Crippen LogP contribution in [0.25, 0.3) is 0 Å². The van der Waals surface area contributed by atoms with Crippen LogP contribution in [0.2, 0.25) is 0 Å². The Balaban J connectivity index is -0.000000375. The highest BCUT2D eigenvalue weighted by Gasteiger charge is 2.03. The lowest BCUT2D eigenvalue weighted by Crippen LogP contribution is -2.37. The fraction of sp³-hybridized carbons (Fsp3) is 0.909. The van der Waals surface area contributed by atoms with Crippen LogP contribution in [-0.4, -0.2) is 30.3 Å². The van der Waals surface area contributed by atoms with Gasteiger partial charge in [-0.3, -0.25) is 4.79 Å². The predicted octanol–water partition coefficient (Wildman–Crippen LogP) is 1.90. The van der Waals surface area contributed by atoms with Crippen molar-refractivity contribution in [3.05, 3.63) is 0 Å². The van der Waals surface area contributed by atoms with Crippen LogP contribution in [0.3, 0.4) is 0 Å². The molecule has 0 aromatic heterocycles. The van der Waals surface area contributed by atoms with E-state index in [2.05, 4.69) is 5.32 Å². The molecule has 0 aliphatic heterocycles. The molecule has 8 heteroatoms. The Bertz CT molecular complexity index is 189. The van der Waals surface area contributed by atoms with Gasteiger partial charge in [-0.25, -0.2) is 0 Å². The topological polar surface area (TPSA) is 101 Å². The maximum absolute atomic E-state index is 10.3. The van der Waals surface area contributed by atoms with Crippen LogP contribution in [0.5, 0.6) is 0 Å². The maximum Gasteiger partial charge on any atom is 0.303 e. The van der Waals surface area contributed by atoms with Crippen LogP contribution in [0.15, 0.2) is 0 Å². The molecule has 0 bridgehead atoms. The molecule has 5 nitrogen and oxygen atoms in total. The molecule has 0 fully saturated rings. The summed E-state index contributed by atoms with van der Waals surface area (Å²) in [5, 5.41) is 11.6. The van der Waals surface area contributed by atoms with E-state index in [0.717, 1.165) is 32.4 Å². The van der Waals surface area contributed by atoms with Gasteiger partial charge in [0.1, 0.15) is 0 Å². The smallest absolute Gasteiger partial charge is 0.303 e. The molecule has 0 amide bonds. The number of halogens is 3. The van der Waals surface area contributed by atoms with E-state index in [1.54, 1.807) is 0 Å². The van der Waals surface area contributed by atoms with E-state index in [-0.39, 0.29) is 49.8 Å². The van der Waals surface area contributed by atoms with Crippen molar-refractivity contribution in [1.82, 2.24) is 5.32 Å². The van der Waals surface area contributed by atoms with Crippen molar-refractivity contribution in [2.24, 2.45) is 11.5 Å². The first-order valence-corrected chi connectivity index (χ1v) is 6.07. The molecule has 120 valence electrons. The van der Waals surface area contributed by atoms with Gasteiger partial charge in [0.25, 0.3) is 0 Å². The number of hydrogen-bond acceptors (Lipinski definition) is 4. The Morgan fingerprint density at radius 2 is 1.63 bits per heavy atom.